The Labute approximate surface area is 186 Å². The second kappa shape index (κ2) is 12.8. The molecule has 3 atom stereocenters. The predicted molar refractivity (Wildman–Crippen MR) is 117 cm³/mol. The molecule has 2 amide bonds. The van der Waals surface area contributed by atoms with Crippen molar-refractivity contribution in [2.45, 2.75) is 90.9 Å². The van der Waals surface area contributed by atoms with Crippen LogP contribution in [0, 0.1) is 17.8 Å². The molecule has 0 radical (unpaired) electrons. The Morgan fingerprint density at radius 3 is 2.23 bits per heavy atom. The highest BCUT2D eigenvalue weighted by Crippen LogP contribution is 2.26. The van der Waals surface area contributed by atoms with Crippen LogP contribution in [-0.2, 0) is 23.9 Å². The number of hydrogen-bond acceptors (Lipinski definition) is 6. The maximum atomic E-state index is 13.2. The molecule has 0 heterocycles. The van der Waals surface area contributed by atoms with Crippen LogP contribution in [0.3, 0.4) is 0 Å². The van der Waals surface area contributed by atoms with Gasteiger partial charge in [0.2, 0.25) is 11.8 Å². The van der Waals surface area contributed by atoms with Gasteiger partial charge in [0.1, 0.15) is 6.10 Å². The summed E-state index contributed by atoms with van der Waals surface area (Å²) < 4.78 is 11.4. The Morgan fingerprint density at radius 2 is 1.74 bits per heavy atom. The third kappa shape index (κ3) is 9.82. The smallest absolute Gasteiger partial charge is 0.331 e. The van der Waals surface area contributed by atoms with Crippen LogP contribution >= 0.6 is 0 Å². The van der Waals surface area contributed by atoms with E-state index in [-0.39, 0.29) is 25.0 Å². The van der Waals surface area contributed by atoms with Gasteiger partial charge in [0.05, 0.1) is 24.0 Å². The SMILES string of the molecule is C=CCC(C(=O)NO)C(CC(C)C)C(=O)NC(COC(C)(C)C)C(=O)OC1CCCC1. The van der Waals surface area contributed by atoms with Crippen molar-refractivity contribution in [3.05, 3.63) is 12.7 Å². The van der Waals surface area contributed by atoms with E-state index in [0.717, 1.165) is 25.7 Å². The molecular weight excluding hydrogens is 400 g/mol. The number of hydroxylamine groups is 1. The van der Waals surface area contributed by atoms with Crippen LogP contribution in [0.4, 0.5) is 0 Å². The zero-order chi connectivity index (χ0) is 23.6. The van der Waals surface area contributed by atoms with Crippen molar-refractivity contribution in [2.75, 3.05) is 6.61 Å². The van der Waals surface area contributed by atoms with Crippen LogP contribution in [0.5, 0.6) is 0 Å². The number of hydrogen-bond donors (Lipinski definition) is 3. The lowest BCUT2D eigenvalue weighted by Crippen LogP contribution is -2.51. The van der Waals surface area contributed by atoms with E-state index in [4.69, 9.17) is 14.7 Å². The van der Waals surface area contributed by atoms with Gasteiger partial charge in [-0.05, 0) is 65.2 Å². The molecule has 1 aliphatic rings. The third-order valence-corrected chi connectivity index (χ3v) is 5.28. The first-order chi connectivity index (χ1) is 14.5. The molecule has 8 heteroatoms. The largest absolute Gasteiger partial charge is 0.461 e. The first-order valence-corrected chi connectivity index (χ1v) is 11.2. The minimum Gasteiger partial charge on any atom is -0.461 e. The topological polar surface area (TPSA) is 114 Å². The molecular formula is C23H40N2O6. The molecule has 0 aliphatic heterocycles. The summed E-state index contributed by atoms with van der Waals surface area (Å²) in [5, 5.41) is 11.9. The Bertz CT molecular complexity index is 608. The minimum atomic E-state index is -0.983. The summed E-state index contributed by atoms with van der Waals surface area (Å²) in [6.07, 6.45) is 5.69. The van der Waals surface area contributed by atoms with Crippen molar-refractivity contribution in [1.82, 2.24) is 10.8 Å². The van der Waals surface area contributed by atoms with Crippen molar-refractivity contribution in [1.29, 1.82) is 0 Å². The highest BCUT2D eigenvalue weighted by atomic mass is 16.6. The molecule has 31 heavy (non-hydrogen) atoms. The van der Waals surface area contributed by atoms with Gasteiger partial charge in [-0.3, -0.25) is 14.8 Å². The van der Waals surface area contributed by atoms with Gasteiger partial charge in [-0.2, -0.15) is 0 Å². The fourth-order valence-corrected chi connectivity index (χ4v) is 3.71. The van der Waals surface area contributed by atoms with Gasteiger partial charge in [-0.15, -0.1) is 6.58 Å². The fraction of sp³-hybridized carbons (Fsp3) is 0.783. The average Bonchev–Trinajstić information content (AvgIpc) is 3.18. The Hall–Kier alpha value is -1.93. The lowest BCUT2D eigenvalue weighted by atomic mass is 9.82. The van der Waals surface area contributed by atoms with E-state index in [1.54, 1.807) is 5.48 Å². The number of esters is 1. The molecule has 1 saturated carbocycles. The molecule has 3 unspecified atom stereocenters. The van der Waals surface area contributed by atoms with Crippen molar-refractivity contribution >= 4 is 17.8 Å². The molecule has 0 spiro atoms. The maximum Gasteiger partial charge on any atom is 0.331 e. The number of amides is 2. The lowest BCUT2D eigenvalue weighted by molar-refractivity contribution is -0.157. The van der Waals surface area contributed by atoms with Gasteiger partial charge in [-0.1, -0.05) is 19.9 Å². The van der Waals surface area contributed by atoms with Crippen LogP contribution in [-0.4, -0.2) is 47.3 Å². The Morgan fingerprint density at radius 1 is 1.13 bits per heavy atom. The van der Waals surface area contributed by atoms with Crippen LogP contribution in [0.2, 0.25) is 0 Å². The standard InChI is InChI=1S/C23H40N2O6/c1-7-10-17(21(27)25-29)18(13-15(2)3)20(26)24-19(14-30-23(4,5)6)22(28)31-16-11-8-9-12-16/h7,15-19,29H,1,8-14H2,2-6H3,(H,24,26)(H,25,27). The molecule has 1 rings (SSSR count). The Balaban J connectivity index is 3.03. The molecule has 0 aromatic rings. The van der Waals surface area contributed by atoms with Crippen molar-refractivity contribution < 1.29 is 29.1 Å². The Kier molecular flexibility index (Phi) is 11.2. The first kappa shape index (κ1) is 27.1. The zero-order valence-electron chi connectivity index (χ0n) is 19.6. The molecule has 0 saturated heterocycles. The molecule has 0 aromatic carbocycles. The van der Waals surface area contributed by atoms with Gasteiger partial charge in [0.15, 0.2) is 6.04 Å². The number of rotatable bonds is 12. The molecule has 8 nitrogen and oxygen atoms in total. The summed E-state index contributed by atoms with van der Waals surface area (Å²) in [4.78, 5) is 38.3. The summed E-state index contributed by atoms with van der Waals surface area (Å²) in [5.74, 6) is -3.07. The first-order valence-electron chi connectivity index (χ1n) is 11.2. The van der Waals surface area contributed by atoms with E-state index in [1.807, 2.05) is 34.6 Å². The summed E-state index contributed by atoms with van der Waals surface area (Å²) in [5.41, 5.74) is 1.14. The van der Waals surface area contributed by atoms with Gasteiger partial charge in [0.25, 0.3) is 0 Å². The molecule has 0 aromatic heterocycles. The van der Waals surface area contributed by atoms with Crippen LogP contribution in [0.1, 0.15) is 73.1 Å². The molecule has 178 valence electrons. The normalized spacial score (nSPS) is 17.6. The van der Waals surface area contributed by atoms with E-state index in [9.17, 15) is 14.4 Å². The number of carbonyl (C=O) groups excluding carboxylic acids is 3. The van der Waals surface area contributed by atoms with E-state index >= 15 is 0 Å². The highest BCUT2D eigenvalue weighted by molar-refractivity contribution is 5.90. The van der Waals surface area contributed by atoms with Gasteiger partial charge in [0, 0.05) is 0 Å². The quantitative estimate of drug-likeness (QED) is 0.186. The minimum absolute atomic E-state index is 0.0342. The summed E-state index contributed by atoms with van der Waals surface area (Å²) in [6, 6.07) is -0.983. The fourth-order valence-electron chi connectivity index (χ4n) is 3.71. The average molecular weight is 441 g/mol. The highest BCUT2D eigenvalue weighted by Gasteiger charge is 2.36. The van der Waals surface area contributed by atoms with E-state index in [1.165, 1.54) is 6.08 Å². The van der Waals surface area contributed by atoms with Crippen LogP contribution in [0.25, 0.3) is 0 Å². The van der Waals surface area contributed by atoms with Gasteiger partial charge >= 0.3 is 5.97 Å². The molecule has 1 fully saturated rings. The number of allylic oxidation sites excluding steroid dienone is 1. The second-order valence-corrected chi connectivity index (χ2v) is 9.67. The maximum absolute atomic E-state index is 13.2. The monoisotopic (exact) mass is 440 g/mol. The molecule has 3 N–H and O–H groups in total. The van der Waals surface area contributed by atoms with Crippen molar-refractivity contribution in [2.24, 2.45) is 17.8 Å². The van der Waals surface area contributed by atoms with Crippen molar-refractivity contribution in [3.8, 4) is 0 Å². The summed E-state index contributed by atoms with van der Waals surface area (Å²) in [7, 11) is 0. The predicted octanol–water partition coefficient (Wildman–Crippen LogP) is 3.13. The molecule has 1 aliphatic carbocycles. The van der Waals surface area contributed by atoms with Crippen molar-refractivity contribution in [3.63, 3.8) is 0 Å². The number of carbonyl (C=O) groups is 3. The van der Waals surface area contributed by atoms with Crippen LogP contribution < -0.4 is 10.8 Å². The van der Waals surface area contributed by atoms with Gasteiger partial charge < -0.3 is 14.8 Å². The summed E-state index contributed by atoms with van der Waals surface area (Å²) in [6.45, 7) is 13.1. The number of ether oxygens (including phenoxy) is 2. The lowest BCUT2D eigenvalue weighted by Gasteiger charge is -2.29. The van der Waals surface area contributed by atoms with E-state index in [0.29, 0.717) is 6.42 Å². The van der Waals surface area contributed by atoms with Crippen LogP contribution in [0.15, 0.2) is 12.7 Å². The van der Waals surface area contributed by atoms with Gasteiger partial charge in [-0.25, -0.2) is 10.3 Å². The third-order valence-electron chi connectivity index (χ3n) is 5.28. The number of nitrogens with one attached hydrogen (secondary N) is 2. The zero-order valence-corrected chi connectivity index (χ0v) is 19.6. The second-order valence-electron chi connectivity index (χ2n) is 9.67. The van der Waals surface area contributed by atoms with E-state index in [2.05, 4.69) is 11.9 Å². The summed E-state index contributed by atoms with van der Waals surface area (Å²) >= 11 is 0. The van der Waals surface area contributed by atoms with E-state index < -0.39 is 41.3 Å². The molecule has 0 bridgehead atoms.